The Morgan fingerprint density at radius 2 is 1.88 bits per heavy atom. The van der Waals surface area contributed by atoms with Gasteiger partial charge in [0.2, 0.25) is 0 Å². The Balaban J connectivity index is 2.91. The molecule has 0 saturated carbocycles. The Hall–Kier alpha value is -0.900. The molecular weight excluding hydrogens is 200 g/mol. The van der Waals surface area contributed by atoms with Crippen LogP contribution in [0.25, 0.3) is 0 Å². The number of hydrogen-bond acceptors (Lipinski definition) is 3. The largest absolute Gasteiger partial charge is 0.330 e. The van der Waals surface area contributed by atoms with Gasteiger partial charge in [-0.25, -0.2) is 4.98 Å². The van der Waals surface area contributed by atoms with E-state index in [9.17, 15) is 0 Å². The van der Waals surface area contributed by atoms with Gasteiger partial charge in [-0.05, 0) is 12.3 Å². The normalized spacial score (nSPS) is 13.8. The Morgan fingerprint density at radius 1 is 1.25 bits per heavy atom. The fourth-order valence-electron chi connectivity index (χ4n) is 1.89. The zero-order chi connectivity index (χ0) is 12.3. The van der Waals surface area contributed by atoms with Crippen LogP contribution in [0.1, 0.15) is 57.6 Å². The first-order chi connectivity index (χ1) is 7.45. The van der Waals surface area contributed by atoms with Crippen LogP contribution in [0.2, 0.25) is 0 Å². The molecule has 1 heterocycles. The van der Waals surface area contributed by atoms with Gasteiger partial charge in [0.1, 0.15) is 5.82 Å². The van der Waals surface area contributed by atoms with Gasteiger partial charge in [-0.15, -0.1) is 0 Å². The highest BCUT2D eigenvalue weighted by Crippen LogP contribution is 2.22. The summed E-state index contributed by atoms with van der Waals surface area (Å²) >= 11 is 0. The number of aromatic nitrogens is 3. The Kier molecular flexibility index (Phi) is 4.47. The van der Waals surface area contributed by atoms with Crippen molar-refractivity contribution in [3.8, 4) is 0 Å². The van der Waals surface area contributed by atoms with Gasteiger partial charge >= 0.3 is 0 Å². The summed E-state index contributed by atoms with van der Waals surface area (Å²) in [6, 6.07) is 0. The van der Waals surface area contributed by atoms with Crippen LogP contribution in [0, 0.1) is 5.92 Å². The van der Waals surface area contributed by atoms with Crippen molar-refractivity contribution < 1.29 is 0 Å². The molecule has 1 rings (SSSR count). The van der Waals surface area contributed by atoms with Crippen LogP contribution in [0.3, 0.4) is 0 Å². The summed E-state index contributed by atoms with van der Waals surface area (Å²) in [4.78, 5) is 4.61. The molecule has 0 fully saturated rings. The van der Waals surface area contributed by atoms with E-state index in [1.54, 1.807) is 0 Å². The van der Waals surface area contributed by atoms with E-state index in [1.807, 2.05) is 11.7 Å². The summed E-state index contributed by atoms with van der Waals surface area (Å²) in [6.45, 7) is 9.28. The van der Waals surface area contributed by atoms with Crippen molar-refractivity contribution in [2.45, 2.75) is 46.0 Å². The number of hydrogen-bond donors (Lipinski definition) is 1. The molecule has 92 valence electrons. The van der Waals surface area contributed by atoms with E-state index >= 15 is 0 Å². The highest BCUT2D eigenvalue weighted by molar-refractivity contribution is 5.03. The molecule has 1 unspecified atom stereocenters. The summed E-state index contributed by atoms with van der Waals surface area (Å²) in [5.41, 5.74) is 5.83. The fourth-order valence-corrected chi connectivity index (χ4v) is 1.89. The molecular formula is C12H24N4. The van der Waals surface area contributed by atoms with Gasteiger partial charge in [0, 0.05) is 25.4 Å². The average molecular weight is 224 g/mol. The quantitative estimate of drug-likeness (QED) is 0.832. The van der Waals surface area contributed by atoms with Crippen molar-refractivity contribution in [3.63, 3.8) is 0 Å². The zero-order valence-electron chi connectivity index (χ0n) is 11.1. The maximum absolute atomic E-state index is 5.83. The minimum atomic E-state index is 0.324. The molecule has 0 aliphatic carbocycles. The first kappa shape index (κ1) is 13.2. The third-order valence-electron chi connectivity index (χ3n) is 2.74. The van der Waals surface area contributed by atoms with Crippen molar-refractivity contribution in [1.29, 1.82) is 0 Å². The van der Waals surface area contributed by atoms with Crippen LogP contribution in [-0.2, 0) is 7.05 Å². The maximum Gasteiger partial charge on any atom is 0.153 e. The highest BCUT2D eigenvalue weighted by atomic mass is 15.3. The van der Waals surface area contributed by atoms with Crippen molar-refractivity contribution in [3.05, 3.63) is 11.6 Å². The van der Waals surface area contributed by atoms with Crippen LogP contribution >= 0.6 is 0 Å². The first-order valence-corrected chi connectivity index (χ1v) is 6.06. The van der Waals surface area contributed by atoms with Gasteiger partial charge in [-0.2, -0.15) is 5.10 Å². The van der Waals surface area contributed by atoms with Gasteiger partial charge in [0.25, 0.3) is 0 Å². The second-order valence-corrected chi connectivity index (χ2v) is 5.17. The van der Waals surface area contributed by atoms with E-state index in [0.717, 1.165) is 18.1 Å². The Morgan fingerprint density at radius 3 is 2.25 bits per heavy atom. The topological polar surface area (TPSA) is 56.7 Å². The monoisotopic (exact) mass is 224 g/mol. The van der Waals surface area contributed by atoms with Crippen LogP contribution in [0.15, 0.2) is 0 Å². The summed E-state index contributed by atoms with van der Waals surface area (Å²) in [5.74, 6) is 3.27. The Bertz CT molecular complexity index is 328. The van der Waals surface area contributed by atoms with Crippen LogP contribution in [0.4, 0.5) is 0 Å². The zero-order valence-corrected chi connectivity index (χ0v) is 11.1. The summed E-state index contributed by atoms with van der Waals surface area (Å²) in [5, 5.41) is 4.44. The van der Waals surface area contributed by atoms with Gasteiger partial charge < -0.3 is 5.73 Å². The number of rotatable bonds is 5. The third kappa shape index (κ3) is 3.04. The van der Waals surface area contributed by atoms with Crippen LogP contribution in [0.5, 0.6) is 0 Å². The van der Waals surface area contributed by atoms with Gasteiger partial charge in [0.15, 0.2) is 5.82 Å². The number of nitrogens with zero attached hydrogens (tertiary/aromatic N) is 3. The molecule has 0 saturated heterocycles. The smallest absolute Gasteiger partial charge is 0.153 e. The fraction of sp³-hybridized carbons (Fsp3) is 0.833. The van der Waals surface area contributed by atoms with E-state index < -0.39 is 0 Å². The molecule has 1 aromatic rings. The van der Waals surface area contributed by atoms with E-state index in [2.05, 4.69) is 37.8 Å². The molecule has 0 aliphatic rings. The van der Waals surface area contributed by atoms with Gasteiger partial charge in [-0.1, -0.05) is 27.7 Å². The lowest BCUT2D eigenvalue weighted by Gasteiger charge is -2.15. The van der Waals surface area contributed by atoms with Crippen LogP contribution in [-0.4, -0.2) is 21.3 Å². The van der Waals surface area contributed by atoms with Crippen molar-refractivity contribution >= 4 is 0 Å². The van der Waals surface area contributed by atoms with Gasteiger partial charge in [-0.3, -0.25) is 4.68 Å². The van der Waals surface area contributed by atoms with Crippen molar-refractivity contribution in [1.82, 2.24) is 14.8 Å². The molecule has 0 spiro atoms. The maximum atomic E-state index is 5.83. The molecule has 1 aromatic heterocycles. The lowest BCUT2D eigenvalue weighted by atomic mass is 9.96. The molecule has 4 nitrogen and oxygen atoms in total. The minimum Gasteiger partial charge on any atom is -0.330 e. The molecule has 0 bridgehead atoms. The molecule has 16 heavy (non-hydrogen) atoms. The van der Waals surface area contributed by atoms with E-state index in [0.29, 0.717) is 24.3 Å². The third-order valence-corrected chi connectivity index (χ3v) is 2.74. The first-order valence-electron chi connectivity index (χ1n) is 6.06. The SMILES string of the molecule is CC(C)CC(CN)c1nc(C(C)C)nn1C. The molecule has 4 heteroatoms. The summed E-state index contributed by atoms with van der Waals surface area (Å²) in [7, 11) is 1.96. The van der Waals surface area contributed by atoms with Crippen LogP contribution < -0.4 is 5.73 Å². The predicted molar refractivity (Wildman–Crippen MR) is 66.3 cm³/mol. The number of aryl methyl sites for hydroxylation is 1. The second-order valence-electron chi connectivity index (χ2n) is 5.17. The lowest BCUT2D eigenvalue weighted by molar-refractivity contribution is 0.472. The predicted octanol–water partition coefficient (Wildman–Crippen LogP) is 2.03. The van der Waals surface area contributed by atoms with E-state index in [-0.39, 0.29) is 0 Å². The lowest BCUT2D eigenvalue weighted by Crippen LogP contribution is -2.18. The molecule has 2 N–H and O–H groups in total. The molecule has 0 aliphatic heterocycles. The van der Waals surface area contributed by atoms with Gasteiger partial charge in [0.05, 0.1) is 0 Å². The standard InChI is InChI=1S/C12H24N4/c1-8(2)6-10(7-13)12-14-11(9(3)4)15-16(12)5/h8-10H,6-7,13H2,1-5H3. The molecule has 0 radical (unpaired) electrons. The van der Waals surface area contributed by atoms with E-state index in [4.69, 9.17) is 5.73 Å². The summed E-state index contributed by atoms with van der Waals surface area (Å²) in [6.07, 6.45) is 1.07. The summed E-state index contributed by atoms with van der Waals surface area (Å²) < 4.78 is 1.88. The molecule has 0 amide bonds. The highest BCUT2D eigenvalue weighted by Gasteiger charge is 2.19. The van der Waals surface area contributed by atoms with E-state index in [1.165, 1.54) is 0 Å². The second kappa shape index (κ2) is 5.43. The minimum absolute atomic E-state index is 0.324. The van der Waals surface area contributed by atoms with Crippen molar-refractivity contribution in [2.24, 2.45) is 18.7 Å². The Labute approximate surface area is 98.2 Å². The molecule has 0 aromatic carbocycles. The van der Waals surface area contributed by atoms with Crippen molar-refractivity contribution in [2.75, 3.05) is 6.54 Å². The number of nitrogens with two attached hydrogens (primary N) is 1. The average Bonchev–Trinajstić information content (AvgIpc) is 2.56. The molecule has 1 atom stereocenters.